The van der Waals surface area contributed by atoms with Crippen LogP contribution in [0.2, 0.25) is 4.47 Å². The SMILES string of the molecule is CCc1cnc(CNC(=O)c2nnc(Cl)s2)o1. The molecule has 0 radical (unpaired) electrons. The predicted octanol–water partition coefficient (Wildman–Crippen LogP) is 1.67. The fraction of sp³-hybridized carbons (Fsp3) is 0.333. The molecule has 2 aromatic rings. The van der Waals surface area contributed by atoms with Gasteiger partial charge in [0, 0.05) is 6.42 Å². The third-order valence-electron chi connectivity index (χ3n) is 1.94. The van der Waals surface area contributed by atoms with Crippen LogP contribution < -0.4 is 5.32 Å². The van der Waals surface area contributed by atoms with Crippen molar-refractivity contribution in [3.8, 4) is 0 Å². The molecule has 1 N–H and O–H groups in total. The normalized spacial score (nSPS) is 10.5. The van der Waals surface area contributed by atoms with E-state index in [2.05, 4.69) is 20.5 Å². The molecule has 90 valence electrons. The van der Waals surface area contributed by atoms with E-state index < -0.39 is 0 Å². The molecule has 6 nitrogen and oxygen atoms in total. The Morgan fingerprint density at radius 3 is 3.00 bits per heavy atom. The summed E-state index contributed by atoms with van der Waals surface area (Å²) in [7, 11) is 0. The van der Waals surface area contributed by atoms with Crippen LogP contribution in [0.25, 0.3) is 0 Å². The molecule has 17 heavy (non-hydrogen) atoms. The lowest BCUT2D eigenvalue weighted by Gasteiger charge is -1.97. The van der Waals surface area contributed by atoms with Crippen LogP contribution in [0.1, 0.15) is 28.4 Å². The van der Waals surface area contributed by atoms with Crippen molar-refractivity contribution in [2.75, 3.05) is 0 Å². The number of carbonyl (C=O) groups is 1. The Morgan fingerprint density at radius 2 is 2.41 bits per heavy atom. The van der Waals surface area contributed by atoms with E-state index in [1.54, 1.807) is 6.20 Å². The van der Waals surface area contributed by atoms with Gasteiger partial charge in [-0.15, -0.1) is 10.2 Å². The van der Waals surface area contributed by atoms with Gasteiger partial charge in [0.2, 0.25) is 15.4 Å². The van der Waals surface area contributed by atoms with Gasteiger partial charge in [0.05, 0.1) is 12.7 Å². The zero-order valence-corrected chi connectivity index (χ0v) is 10.5. The molecule has 0 aliphatic rings. The first-order chi connectivity index (χ1) is 8.19. The lowest BCUT2D eigenvalue weighted by molar-refractivity contribution is 0.0946. The number of amides is 1. The van der Waals surface area contributed by atoms with Gasteiger partial charge in [-0.25, -0.2) is 4.98 Å². The number of nitrogens with one attached hydrogen (secondary N) is 1. The number of hydrogen-bond acceptors (Lipinski definition) is 6. The molecule has 8 heteroatoms. The van der Waals surface area contributed by atoms with Gasteiger partial charge in [-0.3, -0.25) is 4.79 Å². The van der Waals surface area contributed by atoms with Crippen molar-refractivity contribution in [3.63, 3.8) is 0 Å². The number of carbonyl (C=O) groups excluding carboxylic acids is 1. The summed E-state index contributed by atoms with van der Waals surface area (Å²) in [6, 6.07) is 0. The number of nitrogens with zero attached hydrogens (tertiary/aromatic N) is 3. The topological polar surface area (TPSA) is 80.9 Å². The van der Waals surface area contributed by atoms with Gasteiger partial charge in [-0.2, -0.15) is 0 Å². The number of hydrogen-bond donors (Lipinski definition) is 1. The van der Waals surface area contributed by atoms with E-state index in [4.69, 9.17) is 16.0 Å². The summed E-state index contributed by atoms with van der Waals surface area (Å²) in [6.07, 6.45) is 2.41. The quantitative estimate of drug-likeness (QED) is 0.916. The Labute approximate surface area is 106 Å². The molecule has 0 fully saturated rings. The molecule has 0 spiro atoms. The highest BCUT2D eigenvalue weighted by Gasteiger charge is 2.12. The molecule has 0 aliphatic heterocycles. The van der Waals surface area contributed by atoms with Crippen LogP contribution in [0.15, 0.2) is 10.6 Å². The molecule has 0 saturated carbocycles. The Balaban J connectivity index is 1.92. The Kier molecular flexibility index (Phi) is 3.70. The summed E-state index contributed by atoms with van der Waals surface area (Å²) in [5.74, 6) is 0.907. The minimum absolute atomic E-state index is 0.218. The summed E-state index contributed by atoms with van der Waals surface area (Å²) < 4.78 is 5.58. The molecule has 0 aliphatic carbocycles. The summed E-state index contributed by atoms with van der Waals surface area (Å²) in [5, 5.41) is 10.0. The lowest BCUT2D eigenvalue weighted by Crippen LogP contribution is -2.22. The van der Waals surface area contributed by atoms with Crippen molar-refractivity contribution in [2.24, 2.45) is 0 Å². The van der Waals surface area contributed by atoms with Crippen molar-refractivity contribution >= 4 is 28.8 Å². The maximum Gasteiger partial charge on any atom is 0.282 e. The van der Waals surface area contributed by atoms with Crippen LogP contribution in [0.5, 0.6) is 0 Å². The highest BCUT2D eigenvalue weighted by molar-refractivity contribution is 7.17. The maximum atomic E-state index is 11.6. The van der Waals surface area contributed by atoms with E-state index in [9.17, 15) is 4.79 Å². The van der Waals surface area contributed by atoms with Crippen LogP contribution in [0.3, 0.4) is 0 Å². The third-order valence-corrected chi connectivity index (χ3v) is 2.96. The third kappa shape index (κ3) is 3.01. The van der Waals surface area contributed by atoms with Gasteiger partial charge >= 0.3 is 0 Å². The van der Waals surface area contributed by atoms with Gasteiger partial charge in [0.15, 0.2) is 0 Å². The standard InChI is InChI=1S/C9H9ClN4O2S/c1-2-5-3-11-6(16-5)4-12-7(15)8-13-14-9(10)17-8/h3H,2,4H2,1H3,(H,12,15). The number of oxazole rings is 1. The lowest BCUT2D eigenvalue weighted by atomic mass is 10.4. The summed E-state index contributed by atoms with van der Waals surface area (Å²) in [6.45, 7) is 2.18. The summed E-state index contributed by atoms with van der Waals surface area (Å²) in [5.41, 5.74) is 0. The first-order valence-electron chi connectivity index (χ1n) is 4.90. The van der Waals surface area contributed by atoms with Crippen molar-refractivity contribution in [1.29, 1.82) is 0 Å². The predicted molar refractivity (Wildman–Crippen MR) is 62.0 cm³/mol. The Hall–Kier alpha value is -1.47. The molecular formula is C9H9ClN4O2S. The zero-order chi connectivity index (χ0) is 12.3. The molecule has 2 heterocycles. The largest absolute Gasteiger partial charge is 0.444 e. The van der Waals surface area contributed by atoms with Crippen LogP contribution in [-0.2, 0) is 13.0 Å². The second-order valence-corrected chi connectivity index (χ2v) is 4.68. The second kappa shape index (κ2) is 5.24. The Bertz CT molecular complexity index is 525. The molecule has 2 aromatic heterocycles. The van der Waals surface area contributed by atoms with Crippen LogP contribution >= 0.6 is 22.9 Å². The number of aromatic nitrogens is 3. The van der Waals surface area contributed by atoms with Crippen molar-refractivity contribution in [3.05, 3.63) is 27.3 Å². The molecule has 0 atom stereocenters. The Morgan fingerprint density at radius 1 is 1.59 bits per heavy atom. The summed E-state index contributed by atoms with van der Waals surface area (Å²) in [4.78, 5) is 15.6. The van der Waals surface area contributed by atoms with E-state index in [0.29, 0.717) is 5.89 Å². The van der Waals surface area contributed by atoms with Gasteiger partial charge < -0.3 is 9.73 Å². The van der Waals surface area contributed by atoms with E-state index in [-0.39, 0.29) is 21.9 Å². The maximum absolute atomic E-state index is 11.6. The van der Waals surface area contributed by atoms with Crippen molar-refractivity contribution in [1.82, 2.24) is 20.5 Å². The van der Waals surface area contributed by atoms with Crippen LogP contribution in [0, 0.1) is 0 Å². The first-order valence-corrected chi connectivity index (χ1v) is 6.09. The van der Waals surface area contributed by atoms with Crippen molar-refractivity contribution < 1.29 is 9.21 Å². The first kappa shape index (κ1) is 12.0. The fourth-order valence-electron chi connectivity index (χ4n) is 1.12. The van der Waals surface area contributed by atoms with Crippen molar-refractivity contribution in [2.45, 2.75) is 19.9 Å². The number of aryl methyl sites for hydroxylation is 1. The van der Waals surface area contributed by atoms with Crippen LogP contribution in [0.4, 0.5) is 0 Å². The highest BCUT2D eigenvalue weighted by atomic mass is 35.5. The smallest absolute Gasteiger partial charge is 0.282 e. The van der Waals surface area contributed by atoms with Gasteiger partial charge in [0.1, 0.15) is 5.76 Å². The molecule has 2 rings (SSSR count). The summed E-state index contributed by atoms with van der Waals surface area (Å²) >= 11 is 6.60. The van der Waals surface area contributed by atoms with E-state index in [0.717, 1.165) is 23.5 Å². The molecule has 0 bridgehead atoms. The molecule has 0 unspecified atom stereocenters. The number of halogens is 1. The molecule has 0 saturated heterocycles. The molecular weight excluding hydrogens is 264 g/mol. The average Bonchev–Trinajstić information content (AvgIpc) is 2.94. The minimum Gasteiger partial charge on any atom is -0.444 e. The zero-order valence-electron chi connectivity index (χ0n) is 8.94. The molecule has 0 aromatic carbocycles. The van der Waals surface area contributed by atoms with Gasteiger partial charge in [-0.1, -0.05) is 18.3 Å². The molecule has 1 amide bonds. The van der Waals surface area contributed by atoms with Crippen LogP contribution in [-0.4, -0.2) is 21.1 Å². The number of rotatable bonds is 4. The van der Waals surface area contributed by atoms with E-state index in [1.165, 1.54) is 0 Å². The highest BCUT2D eigenvalue weighted by Crippen LogP contribution is 2.14. The fourth-order valence-corrected chi connectivity index (χ4v) is 1.87. The van der Waals surface area contributed by atoms with Gasteiger partial charge in [-0.05, 0) is 11.6 Å². The average molecular weight is 273 g/mol. The monoisotopic (exact) mass is 272 g/mol. The minimum atomic E-state index is -0.342. The van der Waals surface area contributed by atoms with Gasteiger partial charge in [0.25, 0.3) is 5.91 Å². The second-order valence-electron chi connectivity index (χ2n) is 3.12. The van der Waals surface area contributed by atoms with E-state index >= 15 is 0 Å². The van der Waals surface area contributed by atoms with E-state index in [1.807, 2.05) is 6.92 Å².